The normalized spacial score (nSPS) is 10.2. The van der Waals surface area contributed by atoms with Gasteiger partial charge < -0.3 is 15.2 Å². The topological polar surface area (TPSA) is 61.6 Å². The number of carbonyl (C=O) groups is 1. The van der Waals surface area contributed by atoms with Crippen LogP contribution in [-0.4, -0.2) is 19.2 Å². The molecule has 2 rings (SSSR count). The minimum Gasteiger partial charge on any atom is -0.490 e. The lowest BCUT2D eigenvalue weighted by Gasteiger charge is -2.08. The quantitative estimate of drug-likeness (QED) is 0.492. The van der Waals surface area contributed by atoms with E-state index in [4.69, 9.17) is 26.8 Å². The number of nitrogens with two attached hydrogens (primary N) is 1. The van der Waals surface area contributed by atoms with Crippen LogP contribution in [0.2, 0.25) is 5.02 Å². The summed E-state index contributed by atoms with van der Waals surface area (Å²) in [6.07, 6.45) is 0. The van der Waals surface area contributed by atoms with Gasteiger partial charge in [-0.1, -0.05) is 33.6 Å². The molecule has 0 atom stereocenters. The van der Waals surface area contributed by atoms with Gasteiger partial charge in [0.2, 0.25) is 0 Å². The summed E-state index contributed by atoms with van der Waals surface area (Å²) in [5.74, 6) is 0.243. The van der Waals surface area contributed by atoms with Crippen LogP contribution in [0.4, 0.5) is 5.69 Å². The van der Waals surface area contributed by atoms with E-state index < -0.39 is 5.97 Å². The van der Waals surface area contributed by atoms with E-state index in [0.717, 1.165) is 4.47 Å². The van der Waals surface area contributed by atoms with Crippen molar-refractivity contribution in [3.8, 4) is 5.75 Å². The van der Waals surface area contributed by atoms with Crippen molar-refractivity contribution in [1.82, 2.24) is 0 Å². The lowest BCUT2D eigenvalue weighted by molar-refractivity contribution is 0.0450. The van der Waals surface area contributed by atoms with Gasteiger partial charge >= 0.3 is 5.97 Å². The Morgan fingerprint density at radius 1 is 1.19 bits per heavy atom. The highest BCUT2D eigenvalue weighted by molar-refractivity contribution is 9.10. The molecule has 110 valence electrons. The molecule has 2 aromatic carbocycles. The van der Waals surface area contributed by atoms with E-state index >= 15 is 0 Å². The summed E-state index contributed by atoms with van der Waals surface area (Å²) >= 11 is 9.14. The van der Waals surface area contributed by atoms with Crippen LogP contribution in [0.1, 0.15) is 10.4 Å². The second kappa shape index (κ2) is 7.33. The van der Waals surface area contributed by atoms with Gasteiger partial charge in [0.15, 0.2) is 0 Å². The predicted octanol–water partition coefficient (Wildman–Crippen LogP) is 3.92. The van der Waals surface area contributed by atoms with Crippen molar-refractivity contribution in [1.29, 1.82) is 0 Å². The van der Waals surface area contributed by atoms with Crippen LogP contribution in [-0.2, 0) is 4.74 Å². The molecule has 2 N–H and O–H groups in total. The first-order chi connectivity index (χ1) is 10.1. The summed E-state index contributed by atoms with van der Waals surface area (Å²) in [5.41, 5.74) is 6.34. The first-order valence-electron chi connectivity index (χ1n) is 6.17. The third-order valence-corrected chi connectivity index (χ3v) is 3.45. The van der Waals surface area contributed by atoms with E-state index in [2.05, 4.69) is 15.9 Å². The maximum absolute atomic E-state index is 11.8. The van der Waals surface area contributed by atoms with Crippen LogP contribution in [0.25, 0.3) is 0 Å². The Morgan fingerprint density at radius 2 is 2.00 bits per heavy atom. The Kier molecular flexibility index (Phi) is 5.47. The van der Waals surface area contributed by atoms with Crippen molar-refractivity contribution in [2.45, 2.75) is 0 Å². The number of esters is 1. The zero-order chi connectivity index (χ0) is 15.2. The molecule has 0 aliphatic heterocycles. The summed E-state index contributed by atoms with van der Waals surface area (Å²) in [6, 6.07) is 12.0. The fourth-order valence-corrected chi connectivity index (χ4v) is 2.10. The Hall–Kier alpha value is -1.72. The van der Waals surface area contributed by atoms with E-state index in [1.807, 2.05) is 24.3 Å². The molecule has 0 aliphatic carbocycles. The lowest BCUT2D eigenvalue weighted by atomic mass is 10.2. The Morgan fingerprint density at radius 3 is 2.71 bits per heavy atom. The van der Waals surface area contributed by atoms with Gasteiger partial charge in [-0.15, -0.1) is 0 Å². The van der Waals surface area contributed by atoms with Gasteiger partial charge in [0, 0.05) is 4.47 Å². The summed E-state index contributed by atoms with van der Waals surface area (Å²) < 4.78 is 11.5. The monoisotopic (exact) mass is 369 g/mol. The zero-order valence-corrected chi connectivity index (χ0v) is 13.4. The van der Waals surface area contributed by atoms with E-state index in [1.165, 1.54) is 6.07 Å². The van der Waals surface area contributed by atoms with Crippen LogP contribution in [0.5, 0.6) is 5.75 Å². The molecule has 0 bridgehead atoms. The average Bonchev–Trinajstić information content (AvgIpc) is 2.46. The van der Waals surface area contributed by atoms with Gasteiger partial charge in [0.05, 0.1) is 16.3 Å². The Bertz CT molecular complexity index is 649. The molecular weight excluding hydrogens is 358 g/mol. The Balaban J connectivity index is 1.80. The molecule has 0 saturated carbocycles. The SMILES string of the molecule is Nc1cc(C(=O)OCCOc2cccc(Br)c2)ccc1Cl. The molecule has 0 fully saturated rings. The predicted molar refractivity (Wildman–Crippen MR) is 85.8 cm³/mol. The molecule has 0 unspecified atom stereocenters. The molecule has 4 nitrogen and oxygen atoms in total. The van der Waals surface area contributed by atoms with E-state index in [0.29, 0.717) is 22.0 Å². The largest absolute Gasteiger partial charge is 0.490 e. The van der Waals surface area contributed by atoms with E-state index in [-0.39, 0.29) is 13.2 Å². The maximum atomic E-state index is 11.8. The molecule has 0 amide bonds. The molecule has 2 aromatic rings. The molecule has 0 aromatic heterocycles. The molecule has 0 spiro atoms. The van der Waals surface area contributed by atoms with Crippen LogP contribution in [0.15, 0.2) is 46.9 Å². The first-order valence-corrected chi connectivity index (χ1v) is 7.34. The van der Waals surface area contributed by atoms with Crippen molar-refractivity contribution in [2.24, 2.45) is 0 Å². The second-order valence-electron chi connectivity index (χ2n) is 4.18. The molecule has 0 heterocycles. The highest BCUT2D eigenvalue weighted by atomic mass is 79.9. The first kappa shape index (κ1) is 15.7. The van der Waals surface area contributed by atoms with Crippen molar-refractivity contribution in [2.75, 3.05) is 18.9 Å². The van der Waals surface area contributed by atoms with Crippen molar-refractivity contribution in [3.63, 3.8) is 0 Å². The number of ether oxygens (including phenoxy) is 2. The number of nitrogen functional groups attached to an aromatic ring is 1. The van der Waals surface area contributed by atoms with Gasteiger partial charge in [-0.05, 0) is 36.4 Å². The summed E-state index contributed by atoms with van der Waals surface area (Å²) in [4.78, 5) is 11.8. The smallest absolute Gasteiger partial charge is 0.338 e. The Labute approximate surface area is 135 Å². The van der Waals surface area contributed by atoms with Crippen LogP contribution >= 0.6 is 27.5 Å². The molecule has 0 aliphatic rings. The third-order valence-electron chi connectivity index (χ3n) is 2.61. The molecular formula is C15H13BrClNO3. The standard InChI is InChI=1S/C15H13BrClNO3/c16-11-2-1-3-12(9-11)20-6-7-21-15(19)10-4-5-13(17)14(18)8-10/h1-5,8-9H,6-7,18H2. The number of benzene rings is 2. The second-order valence-corrected chi connectivity index (χ2v) is 5.50. The number of hydrogen-bond acceptors (Lipinski definition) is 4. The number of halogens is 2. The minimum absolute atomic E-state index is 0.147. The van der Waals surface area contributed by atoms with Crippen molar-refractivity contribution >= 4 is 39.2 Å². The third kappa shape index (κ3) is 4.65. The number of carbonyl (C=O) groups excluding carboxylic acids is 1. The van der Waals surface area contributed by atoms with Crippen molar-refractivity contribution in [3.05, 3.63) is 57.5 Å². The van der Waals surface area contributed by atoms with E-state index in [9.17, 15) is 4.79 Å². The lowest BCUT2D eigenvalue weighted by Crippen LogP contribution is -2.12. The molecule has 0 radical (unpaired) electrons. The van der Waals surface area contributed by atoms with Gasteiger partial charge in [-0.25, -0.2) is 4.79 Å². The van der Waals surface area contributed by atoms with Gasteiger partial charge in [0.1, 0.15) is 19.0 Å². The molecule has 0 saturated heterocycles. The number of rotatable bonds is 5. The number of hydrogen-bond donors (Lipinski definition) is 1. The summed E-state index contributed by atoms with van der Waals surface area (Å²) in [7, 11) is 0. The van der Waals surface area contributed by atoms with Crippen LogP contribution in [0, 0.1) is 0 Å². The van der Waals surface area contributed by atoms with Gasteiger partial charge in [0.25, 0.3) is 0 Å². The summed E-state index contributed by atoms with van der Waals surface area (Å²) in [6.45, 7) is 0.416. The maximum Gasteiger partial charge on any atom is 0.338 e. The minimum atomic E-state index is -0.462. The van der Waals surface area contributed by atoms with Gasteiger partial charge in [-0.3, -0.25) is 0 Å². The zero-order valence-electron chi connectivity index (χ0n) is 11.0. The molecule has 21 heavy (non-hydrogen) atoms. The highest BCUT2D eigenvalue weighted by Crippen LogP contribution is 2.20. The highest BCUT2D eigenvalue weighted by Gasteiger charge is 2.08. The number of anilines is 1. The molecule has 6 heteroatoms. The van der Waals surface area contributed by atoms with E-state index in [1.54, 1.807) is 12.1 Å². The van der Waals surface area contributed by atoms with Crippen LogP contribution in [0.3, 0.4) is 0 Å². The average molecular weight is 371 g/mol. The van der Waals surface area contributed by atoms with Crippen molar-refractivity contribution < 1.29 is 14.3 Å². The fourth-order valence-electron chi connectivity index (χ4n) is 1.60. The van der Waals surface area contributed by atoms with Crippen LogP contribution < -0.4 is 10.5 Å². The van der Waals surface area contributed by atoms with Gasteiger partial charge in [-0.2, -0.15) is 0 Å². The summed E-state index contributed by atoms with van der Waals surface area (Å²) in [5, 5.41) is 0.407. The fraction of sp³-hybridized carbons (Fsp3) is 0.133.